The molecule has 25 heavy (non-hydrogen) atoms. The second-order valence-corrected chi connectivity index (χ2v) is 8.20. The van der Waals surface area contributed by atoms with Crippen molar-refractivity contribution in [3.8, 4) is 5.75 Å². The normalized spacial score (nSPS) is 11.0. The molecule has 0 aromatic heterocycles. The van der Waals surface area contributed by atoms with Gasteiger partial charge in [-0.15, -0.1) is 0 Å². The van der Waals surface area contributed by atoms with E-state index in [1.54, 1.807) is 12.1 Å². The Morgan fingerprint density at radius 1 is 0.720 bits per heavy atom. The molecule has 0 unspecified atom stereocenters. The molecule has 0 saturated heterocycles. The summed E-state index contributed by atoms with van der Waals surface area (Å²) >= 11 is 0. The first-order valence-corrected chi connectivity index (χ1v) is 9.86. The average molecular weight is 364 g/mol. The molecule has 7 heteroatoms. The van der Waals surface area contributed by atoms with Gasteiger partial charge in [-0.25, -0.2) is 8.42 Å². The van der Waals surface area contributed by atoms with Gasteiger partial charge < -0.3 is 8.74 Å². The van der Waals surface area contributed by atoms with E-state index in [4.69, 9.17) is 0 Å². The van der Waals surface area contributed by atoms with Gasteiger partial charge in [0.15, 0.2) is 0 Å². The molecule has 4 nitrogen and oxygen atoms in total. The van der Waals surface area contributed by atoms with Gasteiger partial charge in [0, 0.05) is 0 Å². The minimum Gasteiger partial charge on any atom is -0.716 e. The van der Waals surface area contributed by atoms with Crippen LogP contribution in [0.2, 0.25) is 0 Å². The minimum absolute atomic E-state index is 0. The van der Waals surface area contributed by atoms with Gasteiger partial charge in [0.05, 0.1) is 0 Å². The fraction of sp³-hybridized carbons (Fsp3) is 0. The Morgan fingerprint density at radius 3 is 1.68 bits per heavy atom. The van der Waals surface area contributed by atoms with Crippen LogP contribution in [-0.2, 0) is 10.4 Å². The predicted molar refractivity (Wildman–Crippen MR) is 95.5 cm³/mol. The molecule has 3 aromatic rings. The van der Waals surface area contributed by atoms with Gasteiger partial charge >= 0.3 is 18.9 Å². The van der Waals surface area contributed by atoms with Crippen molar-refractivity contribution in [2.24, 2.45) is 0 Å². The molecule has 3 aromatic carbocycles. The van der Waals surface area contributed by atoms with Gasteiger partial charge in [-0.1, -0.05) is 72.8 Å². The van der Waals surface area contributed by atoms with E-state index in [1.165, 1.54) is 6.07 Å². The second-order valence-electron chi connectivity index (χ2n) is 5.00. The third kappa shape index (κ3) is 5.44. The van der Waals surface area contributed by atoms with Crippen LogP contribution < -0.4 is 39.0 Å². The van der Waals surface area contributed by atoms with Crippen LogP contribution in [0.3, 0.4) is 0 Å². The Hall–Kier alpha value is -1.60. The molecule has 3 rings (SSSR count). The SMILES string of the molecule is O=S(=O)([O-])Oc1cccc(P(c2ccccc2)c2ccccc2)c1.[Li+]. The number of hydrogen-bond acceptors (Lipinski definition) is 4. The van der Waals surface area contributed by atoms with Gasteiger partial charge in [-0.3, -0.25) is 0 Å². The van der Waals surface area contributed by atoms with E-state index >= 15 is 0 Å². The van der Waals surface area contributed by atoms with Crippen LogP contribution in [0.15, 0.2) is 84.9 Å². The maximum Gasteiger partial charge on any atom is 1.00 e. The summed E-state index contributed by atoms with van der Waals surface area (Å²) in [5.74, 6) is 0.0295. The van der Waals surface area contributed by atoms with Crippen LogP contribution in [0.5, 0.6) is 5.75 Å². The third-order valence-corrected chi connectivity index (χ3v) is 6.12. The van der Waals surface area contributed by atoms with Gasteiger partial charge in [0.1, 0.15) is 5.75 Å². The first-order chi connectivity index (χ1) is 11.5. The van der Waals surface area contributed by atoms with E-state index in [2.05, 4.69) is 4.18 Å². The van der Waals surface area contributed by atoms with Gasteiger partial charge in [-0.05, 0) is 36.0 Å². The maximum atomic E-state index is 10.8. The first kappa shape index (κ1) is 19.7. The van der Waals surface area contributed by atoms with Crippen molar-refractivity contribution in [2.75, 3.05) is 0 Å². The van der Waals surface area contributed by atoms with E-state index in [1.807, 2.05) is 66.7 Å². The molecule has 0 heterocycles. The molecule has 0 spiro atoms. The van der Waals surface area contributed by atoms with Gasteiger partial charge in [0.2, 0.25) is 0 Å². The molecule has 122 valence electrons. The molecule has 0 radical (unpaired) electrons. The minimum atomic E-state index is -4.79. The van der Waals surface area contributed by atoms with Crippen molar-refractivity contribution in [3.05, 3.63) is 84.9 Å². The van der Waals surface area contributed by atoms with Gasteiger partial charge in [-0.2, -0.15) is 0 Å². The van der Waals surface area contributed by atoms with Crippen molar-refractivity contribution in [1.29, 1.82) is 0 Å². The van der Waals surface area contributed by atoms with Crippen molar-refractivity contribution in [2.45, 2.75) is 0 Å². The largest absolute Gasteiger partial charge is 1.00 e. The van der Waals surface area contributed by atoms with Crippen molar-refractivity contribution < 1.29 is 36.0 Å². The van der Waals surface area contributed by atoms with Crippen LogP contribution >= 0.6 is 7.92 Å². The van der Waals surface area contributed by atoms with Crippen molar-refractivity contribution in [1.82, 2.24) is 0 Å². The Kier molecular flexibility index (Phi) is 6.84. The van der Waals surface area contributed by atoms with Crippen molar-refractivity contribution >= 4 is 34.2 Å². The van der Waals surface area contributed by atoms with E-state index in [0.29, 0.717) is 0 Å². The molecule has 0 fully saturated rings. The fourth-order valence-corrected chi connectivity index (χ4v) is 5.06. The molecule has 0 aliphatic carbocycles. The zero-order valence-corrected chi connectivity index (χ0v) is 15.3. The number of benzene rings is 3. The molecule has 0 aliphatic heterocycles. The van der Waals surface area contributed by atoms with E-state index < -0.39 is 18.3 Å². The molecule has 0 N–H and O–H groups in total. The summed E-state index contributed by atoms with van der Waals surface area (Å²) < 4.78 is 37.0. The van der Waals surface area contributed by atoms with Crippen LogP contribution in [0, 0.1) is 0 Å². The quantitative estimate of drug-likeness (QED) is 0.260. The molecule has 0 aliphatic rings. The topological polar surface area (TPSA) is 66.4 Å². The summed E-state index contributed by atoms with van der Waals surface area (Å²) in [5.41, 5.74) is 0. The Labute approximate surface area is 160 Å². The van der Waals surface area contributed by atoms with Crippen LogP contribution in [0.4, 0.5) is 0 Å². The zero-order chi connectivity index (χ0) is 17.0. The Balaban J connectivity index is 0.00000225. The first-order valence-electron chi connectivity index (χ1n) is 7.18. The summed E-state index contributed by atoms with van der Waals surface area (Å²) in [7, 11) is -5.67. The van der Waals surface area contributed by atoms with E-state index in [9.17, 15) is 13.0 Å². The summed E-state index contributed by atoms with van der Waals surface area (Å²) in [4.78, 5) is 0. The standard InChI is InChI=1S/C18H15O4PS.Li/c19-24(20,21)22-15-8-7-13-18(14-15)23(16-9-3-1-4-10-16)17-11-5-2-6-12-17;/h1-14H,(H,19,20,21);/q;+1/p-1. The Morgan fingerprint density at radius 2 is 1.20 bits per heavy atom. The summed E-state index contributed by atoms with van der Waals surface area (Å²) in [5, 5.41) is 3.16. The molecular formula is C18H14LiO4PS. The zero-order valence-electron chi connectivity index (χ0n) is 13.6. The fourth-order valence-electron chi connectivity index (χ4n) is 2.39. The van der Waals surface area contributed by atoms with Crippen LogP contribution in [-0.4, -0.2) is 13.0 Å². The molecular weight excluding hydrogens is 350 g/mol. The molecule has 0 atom stereocenters. The average Bonchev–Trinajstić information content (AvgIpc) is 2.56. The third-order valence-electron chi connectivity index (χ3n) is 3.30. The number of hydrogen-bond donors (Lipinski definition) is 0. The predicted octanol–water partition coefficient (Wildman–Crippen LogP) is -0.712. The monoisotopic (exact) mass is 364 g/mol. The Bertz CT molecular complexity index is 879. The van der Waals surface area contributed by atoms with E-state index in [-0.39, 0.29) is 24.6 Å². The van der Waals surface area contributed by atoms with E-state index in [0.717, 1.165) is 15.9 Å². The summed E-state index contributed by atoms with van der Waals surface area (Å²) in [6.45, 7) is 0. The maximum absolute atomic E-state index is 10.8. The van der Waals surface area contributed by atoms with Gasteiger partial charge in [0.25, 0.3) is 10.4 Å². The van der Waals surface area contributed by atoms with Crippen LogP contribution in [0.25, 0.3) is 0 Å². The molecule has 0 bridgehead atoms. The van der Waals surface area contributed by atoms with Crippen molar-refractivity contribution in [3.63, 3.8) is 0 Å². The number of rotatable bonds is 5. The molecule has 0 saturated carbocycles. The van der Waals surface area contributed by atoms with Crippen LogP contribution in [0.1, 0.15) is 0 Å². The summed E-state index contributed by atoms with van der Waals surface area (Å²) in [6, 6.07) is 26.6. The second kappa shape index (κ2) is 8.67. The molecule has 0 amide bonds. The summed E-state index contributed by atoms with van der Waals surface area (Å²) in [6.07, 6.45) is 0. The smallest absolute Gasteiger partial charge is 0.716 e.